The van der Waals surface area contributed by atoms with Gasteiger partial charge in [-0.3, -0.25) is 14.9 Å². The van der Waals surface area contributed by atoms with E-state index in [1.807, 2.05) is 6.92 Å². The normalized spacial score (nSPS) is 14.2. The van der Waals surface area contributed by atoms with E-state index in [-0.39, 0.29) is 17.3 Å². The first-order valence-electron chi connectivity index (χ1n) is 6.39. The lowest BCUT2D eigenvalue weighted by molar-refractivity contribution is -0.383. The number of carbonyl (C=O) groups excluding carboxylic acids is 1. The number of hydrogen-bond acceptors (Lipinski definition) is 4. The van der Waals surface area contributed by atoms with Gasteiger partial charge in [0.1, 0.15) is 5.69 Å². The number of nitrogens with two attached hydrogens (primary N) is 1. The van der Waals surface area contributed by atoms with Crippen LogP contribution in [-0.4, -0.2) is 28.3 Å². The van der Waals surface area contributed by atoms with Gasteiger partial charge in [-0.1, -0.05) is 6.92 Å². The van der Waals surface area contributed by atoms with Crippen LogP contribution in [0.1, 0.15) is 36.5 Å². The van der Waals surface area contributed by atoms with E-state index in [0.717, 1.165) is 19.3 Å². The van der Waals surface area contributed by atoms with Gasteiger partial charge in [0.15, 0.2) is 0 Å². The summed E-state index contributed by atoms with van der Waals surface area (Å²) in [7, 11) is 0. The number of nitrogens with zero attached hydrogens (tertiary/aromatic N) is 2. The maximum Gasteiger partial charge on any atom is 0.292 e. The van der Waals surface area contributed by atoms with E-state index in [1.54, 1.807) is 11.0 Å². The predicted octanol–water partition coefficient (Wildman–Crippen LogP) is 2.19. The minimum atomic E-state index is -0.562. The van der Waals surface area contributed by atoms with Crippen LogP contribution in [0.4, 0.5) is 11.4 Å². The molecule has 0 spiro atoms. The molecule has 6 nitrogen and oxygen atoms in total. The molecule has 6 heteroatoms. The van der Waals surface area contributed by atoms with Crippen molar-refractivity contribution in [2.24, 2.45) is 0 Å². The maximum atomic E-state index is 12.4. The SMILES string of the molecule is CCCN(C(=O)c1ccc(N)c([N+](=O)[O-])c1)C1CC1. The van der Waals surface area contributed by atoms with Crippen molar-refractivity contribution in [1.82, 2.24) is 4.90 Å². The molecule has 0 radical (unpaired) electrons. The fourth-order valence-corrected chi connectivity index (χ4v) is 2.08. The van der Waals surface area contributed by atoms with Gasteiger partial charge in [-0.15, -0.1) is 0 Å². The van der Waals surface area contributed by atoms with Gasteiger partial charge in [0.2, 0.25) is 0 Å². The van der Waals surface area contributed by atoms with Crippen LogP contribution in [0, 0.1) is 10.1 Å². The Labute approximate surface area is 111 Å². The van der Waals surface area contributed by atoms with Crippen molar-refractivity contribution < 1.29 is 9.72 Å². The van der Waals surface area contributed by atoms with Crippen molar-refractivity contribution in [3.8, 4) is 0 Å². The van der Waals surface area contributed by atoms with Gasteiger partial charge in [-0.05, 0) is 31.4 Å². The molecule has 0 aliphatic heterocycles. The van der Waals surface area contributed by atoms with Crippen molar-refractivity contribution >= 4 is 17.3 Å². The third kappa shape index (κ3) is 2.83. The number of carbonyl (C=O) groups is 1. The van der Waals surface area contributed by atoms with E-state index in [0.29, 0.717) is 18.2 Å². The van der Waals surface area contributed by atoms with Gasteiger partial charge in [0.25, 0.3) is 11.6 Å². The summed E-state index contributed by atoms with van der Waals surface area (Å²) >= 11 is 0. The molecule has 1 saturated carbocycles. The van der Waals surface area contributed by atoms with Crippen molar-refractivity contribution in [2.45, 2.75) is 32.2 Å². The maximum absolute atomic E-state index is 12.4. The summed E-state index contributed by atoms with van der Waals surface area (Å²) in [5, 5.41) is 10.8. The van der Waals surface area contributed by atoms with Crippen LogP contribution in [0.2, 0.25) is 0 Å². The largest absolute Gasteiger partial charge is 0.393 e. The van der Waals surface area contributed by atoms with Crippen LogP contribution in [0.5, 0.6) is 0 Å². The molecule has 0 saturated heterocycles. The molecule has 2 N–H and O–H groups in total. The van der Waals surface area contributed by atoms with Gasteiger partial charge < -0.3 is 10.6 Å². The molecule has 1 aliphatic carbocycles. The molecule has 0 unspecified atom stereocenters. The Morgan fingerprint density at radius 2 is 2.21 bits per heavy atom. The fraction of sp³-hybridized carbons (Fsp3) is 0.462. The smallest absolute Gasteiger partial charge is 0.292 e. The minimum Gasteiger partial charge on any atom is -0.393 e. The topological polar surface area (TPSA) is 89.5 Å². The highest BCUT2D eigenvalue weighted by Gasteiger charge is 2.32. The highest BCUT2D eigenvalue weighted by molar-refractivity contribution is 5.96. The monoisotopic (exact) mass is 263 g/mol. The van der Waals surface area contributed by atoms with Crippen molar-refractivity contribution in [1.29, 1.82) is 0 Å². The second-order valence-electron chi connectivity index (χ2n) is 4.76. The van der Waals surface area contributed by atoms with Crippen LogP contribution in [0.3, 0.4) is 0 Å². The molecular weight excluding hydrogens is 246 g/mol. The zero-order chi connectivity index (χ0) is 14.0. The number of hydrogen-bond donors (Lipinski definition) is 1. The first kappa shape index (κ1) is 13.3. The van der Waals surface area contributed by atoms with Crippen LogP contribution >= 0.6 is 0 Å². The van der Waals surface area contributed by atoms with Crippen molar-refractivity contribution in [3.63, 3.8) is 0 Å². The number of benzene rings is 1. The first-order valence-corrected chi connectivity index (χ1v) is 6.39. The first-order chi connectivity index (χ1) is 9.04. The Morgan fingerprint density at radius 1 is 1.53 bits per heavy atom. The zero-order valence-electron chi connectivity index (χ0n) is 10.8. The molecule has 0 atom stereocenters. The fourth-order valence-electron chi connectivity index (χ4n) is 2.08. The Bertz CT molecular complexity index is 512. The number of rotatable bonds is 5. The molecule has 1 amide bonds. The Kier molecular flexibility index (Phi) is 3.69. The highest BCUT2D eigenvalue weighted by atomic mass is 16.6. The van der Waals surface area contributed by atoms with E-state index >= 15 is 0 Å². The lowest BCUT2D eigenvalue weighted by Gasteiger charge is -2.21. The quantitative estimate of drug-likeness (QED) is 0.501. The highest BCUT2D eigenvalue weighted by Crippen LogP contribution is 2.30. The summed E-state index contributed by atoms with van der Waals surface area (Å²) in [6, 6.07) is 4.53. The molecule has 0 heterocycles. The Balaban J connectivity index is 2.27. The van der Waals surface area contributed by atoms with E-state index in [2.05, 4.69) is 0 Å². The molecule has 1 aliphatic rings. The minimum absolute atomic E-state index is 0.0787. The van der Waals surface area contributed by atoms with E-state index in [9.17, 15) is 14.9 Å². The second kappa shape index (κ2) is 5.26. The van der Waals surface area contributed by atoms with E-state index < -0.39 is 4.92 Å². The lowest BCUT2D eigenvalue weighted by Crippen LogP contribution is -2.33. The molecule has 0 bridgehead atoms. The van der Waals surface area contributed by atoms with Crippen molar-refractivity contribution in [3.05, 3.63) is 33.9 Å². The number of nitrogen functional groups attached to an aromatic ring is 1. The van der Waals surface area contributed by atoms with Crippen molar-refractivity contribution in [2.75, 3.05) is 12.3 Å². The number of nitro groups is 1. The molecule has 1 aromatic carbocycles. The van der Waals surface area contributed by atoms with Gasteiger partial charge >= 0.3 is 0 Å². The number of anilines is 1. The third-order valence-electron chi connectivity index (χ3n) is 3.19. The standard InChI is InChI=1S/C13H17N3O3/c1-2-7-15(10-4-5-10)13(17)9-3-6-11(14)12(8-9)16(18)19/h3,6,8,10H,2,4-5,7,14H2,1H3. The predicted molar refractivity (Wildman–Crippen MR) is 71.9 cm³/mol. The van der Waals surface area contributed by atoms with Crippen LogP contribution in [-0.2, 0) is 0 Å². The van der Waals surface area contributed by atoms with Crippen LogP contribution < -0.4 is 5.73 Å². The zero-order valence-corrected chi connectivity index (χ0v) is 10.8. The molecule has 102 valence electrons. The summed E-state index contributed by atoms with van der Waals surface area (Å²) in [5.74, 6) is -0.146. The summed E-state index contributed by atoms with van der Waals surface area (Å²) in [4.78, 5) is 24.4. The van der Waals surface area contributed by atoms with Gasteiger partial charge in [-0.2, -0.15) is 0 Å². The van der Waals surface area contributed by atoms with Crippen LogP contribution in [0.25, 0.3) is 0 Å². The Morgan fingerprint density at radius 3 is 2.74 bits per heavy atom. The second-order valence-corrected chi connectivity index (χ2v) is 4.76. The van der Waals surface area contributed by atoms with Gasteiger partial charge in [-0.25, -0.2) is 0 Å². The molecule has 1 fully saturated rings. The summed E-state index contributed by atoms with van der Waals surface area (Å²) < 4.78 is 0. The molecular formula is C13H17N3O3. The third-order valence-corrected chi connectivity index (χ3v) is 3.19. The summed E-state index contributed by atoms with van der Waals surface area (Å²) in [5.41, 5.74) is 5.73. The Hall–Kier alpha value is -2.11. The van der Waals surface area contributed by atoms with Gasteiger partial charge in [0, 0.05) is 24.2 Å². The number of amides is 1. The average Bonchev–Trinajstić information content (AvgIpc) is 3.19. The summed E-state index contributed by atoms with van der Waals surface area (Å²) in [6.45, 7) is 2.69. The average molecular weight is 263 g/mol. The van der Waals surface area contributed by atoms with Gasteiger partial charge in [0.05, 0.1) is 4.92 Å². The van der Waals surface area contributed by atoms with Crippen LogP contribution in [0.15, 0.2) is 18.2 Å². The molecule has 2 rings (SSSR count). The molecule has 0 aromatic heterocycles. The molecule has 1 aromatic rings. The number of nitro benzene ring substituents is 1. The summed E-state index contributed by atoms with van der Waals surface area (Å²) in [6.07, 6.45) is 2.91. The molecule has 19 heavy (non-hydrogen) atoms. The van der Waals surface area contributed by atoms with E-state index in [4.69, 9.17) is 5.73 Å². The lowest BCUT2D eigenvalue weighted by atomic mass is 10.1. The van der Waals surface area contributed by atoms with E-state index in [1.165, 1.54) is 12.1 Å².